The van der Waals surface area contributed by atoms with E-state index in [9.17, 15) is 16.8 Å². The summed E-state index contributed by atoms with van der Waals surface area (Å²) in [7, 11) is -7.52. The maximum atomic E-state index is 12.7. The van der Waals surface area contributed by atoms with Crippen LogP contribution in [0.15, 0.2) is 34.1 Å². The zero-order valence-corrected chi connectivity index (χ0v) is 16.9. The number of hydrogen-bond acceptors (Lipinski definition) is 5. The van der Waals surface area contributed by atoms with Crippen molar-refractivity contribution in [1.29, 1.82) is 0 Å². The highest BCUT2D eigenvalue weighted by Crippen LogP contribution is 2.28. The zero-order valence-electron chi connectivity index (χ0n) is 14.4. The average Bonchev–Trinajstić information content (AvgIpc) is 3.21. The molecule has 2 aliphatic carbocycles. The van der Waals surface area contributed by atoms with Crippen LogP contribution in [0.5, 0.6) is 0 Å². The summed E-state index contributed by atoms with van der Waals surface area (Å²) in [5, 5.41) is 0. The lowest BCUT2D eigenvalue weighted by Crippen LogP contribution is -2.44. The Morgan fingerprint density at radius 3 is 2.12 bits per heavy atom. The molecule has 0 spiro atoms. The highest BCUT2D eigenvalue weighted by atomic mass is 35.5. The van der Waals surface area contributed by atoms with Gasteiger partial charge in [-0.3, -0.25) is 0 Å². The van der Waals surface area contributed by atoms with Gasteiger partial charge in [0.15, 0.2) is 0 Å². The van der Waals surface area contributed by atoms with Crippen LogP contribution in [0.2, 0.25) is 0 Å². The van der Waals surface area contributed by atoms with Crippen molar-refractivity contribution in [3.8, 4) is 0 Å². The smallest absolute Gasteiger partial charge is 0.240 e. The van der Waals surface area contributed by atoms with Gasteiger partial charge >= 0.3 is 0 Å². The minimum absolute atomic E-state index is 0. The topological polar surface area (TPSA) is 118 Å². The molecule has 1 aromatic carbocycles. The van der Waals surface area contributed by atoms with Gasteiger partial charge in [0.2, 0.25) is 20.0 Å². The van der Waals surface area contributed by atoms with E-state index < -0.39 is 20.0 Å². The lowest BCUT2D eigenvalue weighted by atomic mass is 9.99. The van der Waals surface area contributed by atoms with Crippen LogP contribution in [0, 0.1) is 5.92 Å². The molecule has 3 rings (SSSR count). The Labute approximate surface area is 161 Å². The summed E-state index contributed by atoms with van der Waals surface area (Å²) >= 11 is 0. The molecule has 2 saturated carbocycles. The summed E-state index contributed by atoms with van der Waals surface area (Å²) in [5.74, 6) is 0.239. The van der Waals surface area contributed by atoms with Crippen molar-refractivity contribution in [3.05, 3.63) is 24.3 Å². The Bertz CT molecular complexity index is 820. The van der Waals surface area contributed by atoms with Crippen LogP contribution in [-0.4, -0.2) is 35.5 Å². The van der Waals surface area contributed by atoms with Crippen molar-refractivity contribution in [2.45, 2.75) is 60.4 Å². The molecule has 0 saturated heterocycles. The van der Waals surface area contributed by atoms with Crippen LogP contribution in [0.3, 0.4) is 0 Å². The van der Waals surface area contributed by atoms with E-state index in [-0.39, 0.29) is 46.7 Å². The molecule has 148 valence electrons. The van der Waals surface area contributed by atoms with Gasteiger partial charge in [-0.25, -0.2) is 26.3 Å². The van der Waals surface area contributed by atoms with Gasteiger partial charge in [-0.1, -0.05) is 18.9 Å². The van der Waals surface area contributed by atoms with Gasteiger partial charge in [0, 0.05) is 18.6 Å². The molecule has 10 heteroatoms. The Kier molecular flexibility index (Phi) is 7.09. The highest BCUT2D eigenvalue weighted by molar-refractivity contribution is 7.90. The predicted octanol–water partition coefficient (Wildman–Crippen LogP) is 1.34. The van der Waals surface area contributed by atoms with Crippen molar-refractivity contribution in [3.63, 3.8) is 0 Å². The fraction of sp³-hybridized carbons (Fsp3) is 0.625. The molecule has 1 aromatic rings. The van der Waals surface area contributed by atoms with Crippen LogP contribution in [-0.2, 0) is 20.0 Å². The first-order valence-corrected chi connectivity index (χ1v) is 11.6. The van der Waals surface area contributed by atoms with Crippen LogP contribution in [0.25, 0.3) is 0 Å². The van der Waals surface area contributed by atoms with Gasteiger partial charge < -0.3 is 5.73 Å². The number of nitrogens with one attached hydrogen (secondary N) is 2. The molecule has 0 radical (unpaired) electrons. The van der Waals surface area contributed by atoms with E-state index in [2.05, 4.69) is 9.44 Å². The first kappa shape index (κ1) is 21.6. The molecule has 1 atom stereocenters. The first-order chi connectivity index (χ1) is 11.8. The summed E-state index contributed by atoms with van der Waals surface area (Å²) in [6.45, 7) is 0.227. The fourth-order valence-electron chi connectivity index (χ4n) is 3.26. The molecule has 0 aromatic heterocycles. The molecule has 7 nitrogen and oxygen atoms in total. The number of nitrogens with two attached hydrogens (primary N) is 1. The molecule has 2 aliphatic rings. The highest BCUT2D eigenvalue weighted by Gasteiger charge is 2.30. The van der Waals surface area contributed by atoms with E-state index in [4.69, 9.17) is 5.73 Å². The summed E-state index contributed by atoms with van der Waals surface area (Å²) < 4.78 is 55.2. The number of hydrogen-bond donors (Lipinski definition) is 3. The summed E-state index contributed by atoms with van der Waals surface area (Å²) in [4.78, 5) is -0.0879. The van der Waals surface area contributed by atoms with Gasteiger partial charge in [-0.05, 0) is 49.8 Å². The summed E-state index contributed by atoms with van der Waals surface area (Å²) in [6, 6.07) is 5.10. The third-order valence-electron chi connectivity index (χ3n) is 4.85. The van der Waals surface area contributed by atoms with Crippen molar-refractivity contribution in [2.24, 2.45) is 11.7 Å². The van der Waals surface area contributed by atoms with Crippen LogP contribution in [0.4, 0.5) is 0 Å². The molecule has 0 heterocycles. The molecular weight excluding hydrogens is 398 g/mol. The van der Waals surface area contributed by atoms with E-state index in [1.165, 1.54) is 24.3 Å². The fourth-order valence-corrected chi connectivity index (χ4v) is 6.05. The van der Waals surface area contributed by atoms with Gasteiger partial charge in [0.1, 0.15) is 0 Å². The molecule has 2 fully saturated rings. The van der Waals surface area contributed by atoms with Crippen molar-refractivity contribution in [1.82, 2.24) is 9.44 Å². The maximum absolute atomic E-state index is 12.7. The van der Waals surface area contributed by atoms with Crippen LogP contribution >= 0.6 is 12.4 Å². The van der Waals surface area contributed by atoms with Crippen molar-refractivity contribution < 1.29 is 16.8 Å². The van der Waals surface area contributed by atoms with Gasteiger partial charge in [-0.15, -0.1) is 12.4 Å². The van der Waals surface area contributed by atoms with Crippen molar-refractivity contribution >= 4 is 32.5 Å². The Morgan fingerprint density at radius 2 is 1.58 bits per heavy atom. The molecule has 0 amide bonds. The van der Waals surface area contributed by atoms with Crippen LogP contribution < -0.4 is 15.2 Å². The molecule has 0 aliphatic heterocycles. The SMILES string of the molecule is Cl.NCC(NS(=O)(=O)c1cccc(S(=O)(=O)NC2CC2)c1)C1CCCC1. The van der Waals surface area contributed by atoms with Gasteiger partial charge in [0.25, 0.3) is 0 Å². The molecule has 4 N–H and O–H groups in total. The summed E-state index contributed by atoms with van der Waals surface area (Å²) in [6.07, 6.45) is 5.73. The largest absolute Gasteiger partial charge is 0.329 e. The zero-order chi connectivity index (χ0) is 18.1. The summed E-state index contributed by atoms with van der Waals surface area (Å²) in [5.41, 5.74) is 5.77. The lowest BCUT2D eigenvalue weighted by Gasteiger charge is -2.23. The standard InChI is InChI=1S/C16H25N3O4S2.ClH/c17-11-16(12-4-1-2-5-12)19-25(22,23)15-7-3-6-14(10-15)24(20,21)18-13-8-9-13;/h3,6-7,10,12-13,16,18-19H,1-2,4-5,8-9,11,17H2;1H. The predicted molar refractivity (Wildman–Crippen MR) is 102 cm³/mol. The lowest BCUT2D eigenvalue weighted by molar-refractivity contribution is 0.405. The minimum Gasteiger partial charge on any atom is -0.329 e. The van der Waals surface area contributed by atoms with E-state index in [1.807, 2.05) is 0 Å². The number of rotatable bonds is 8. The van der Waals surface area contributed by atoms with Crippen LogP contribution in [0.1, 0.15) is 38.5 Å². The minimum atomic E-state index is -3.83. The first-order valence-electron chi connectivity index (χ1n) is 8.66. The second-order valence-electron chi connectivity index (χ2n) is 6.88. The average molecular weight is 424 g/mol. The Balaban J connectivity index is 0.00000243. The van der Waals surface area contributed by atoms with Crippen molar-refractivity contribution in [2.75, 3.05) is 6.54 Å². The third-order valence-corrected chi connectivity index (χ3v) is 7.86. The third kappa shape index (κ3) is 5.17. The number of sulfonamides is 2. The van der Waals surface area contributed by atoms with E-state index >= 15 is 0 Å². The van der Waals surface area contributed by atoms with E-state index in [0.717, 1.165) is 38.5 Å². The number of halogens is 1. The molecule has 1 unspecified atom stereocenters. The second-order valence-corrected chi connectivity index (χ2v) is 10.3. The molecule has 26 heavy (non-hydrogen) atoms. The molecular formula is C16H26ClN3O4S2. The maximum Gasteiger partial charge on any atom is 0.240 e. The van der Waals surface area contributed by atoms with E-state index in [1.54, 1.807) is 0 Å². The quantitative estimate of drug-likeness (QED) is 0.583. The second kappa shape index (κ2) is 8.53. The van der Waals surface area contributed by atoms with Gasteiger partial charge in [-0.2, -0.15) is 0 Å². The Hall–Kier alpha value is -0.710. The van der Waals surface area contributed by atoms with E-state index in [0.29, 0.717) is 0 Å². The van der Waals surface area contributed by atoms with Gasteiger partial charge in [0.05, 0.1) is 9.79 Å². The monoisotopic (exact) mass is 423 g/mol. The molecule has 0 bridgehead atoms. The normalized spacial score (nSPS) is 19.9. The Morgan fingerprint density at radius 1 is 1.00 bits per heavy atom. The number of benzene rings is 1.